The Hall–Kier alpha value is -4.07. The van der Waals surface area contributed by atoms with E-state index in [2.05, 4.69) is 20.3 Å². The topological polar surface area (TPSA) is 114 Å². The van der Waals surface area contributed by atoms with Gasteiger partial charge in [0.25, 0.3) is 0 Å². The minimum atomic E-state index is -1.04. The van der Waals surface area contributed by atoms with Crippen molar-refractivity contribution in [1.82, 2.24) is 25.0 Å². The summed E-state index contributed by atoms with van der Waals surface area (Å²) in [6.07, 6.45) is 6.28. The minimum Gasteiger partial charge on any atom is -0.478 e. The van der Waals surface area contributed by atoms with Crippen molar-refractivity contribution in [1.29, 1.82) is 0 Å². The molecule has 0 saturated carbocycles. The van der Waals surface area contributed by atoms with Crippen LogP contribution in [0.2, 0.25) is 0 Å². The molecule has 1 aromatic carbocycles. The SMILES string of the molecule is O=C(O)c1cccc(-n2nccc2-c2n[nH]cc(-c3ccncc3)c2=O)c1. The van der Waals surface area contributed by atoms with Crippen LogP contribution in [0, 0.1) is 0 Å². The lowest BCUT2D eigenvalue weighted by Gasteiger charge is -2.08. The van der Waals surface area contributed by atoms with Crippen LogP contribution in [0.3, 0.4) is 0 Å². The molecule has 3 heterocycles. The monoisotopic (exact) mass is 359 g/mol. The lowest BCUT2D eigenvalue weighted by Crippen LogP contribution is -2.14. The molecule has 0 amide bonds. The molecule has 0 fully saturated rings. The number of H-pyrrole nitrogens is 1. The number of nitrogens with one attached hydrogen (secondary N) is 1. The fourth-order valence-electron chi connectivity index (χ4n) is 2.78. The van der Waals surface area contributed by atoms with Crippen LogP contribution < -0.4 is 5.43 Å². The van der Waals surface area contributed by atoms with Crippen molar-refractivity contribution in [2.45, 2.75) is 0 Å². The number of carboxylic acids is 1. The molecule has 0 aliphatic rings. The molecule has 3 aromatic heterocycles. The highest BCUT2D eigenvalue weighted by molar-refractivity contribution is 5.88. The predicted molar refractivity (Wildman–Crippen MR) is 97.6 cm³/mol. The van der Waals surface area contributed by atoms with E-state index < -0.39 is 5.97 Å². The van der Waals surface area contributed by atoms with Gasteiger partial charge < -0.3 is 5.11 Å². The van der Waals surface area contributed by atoms with Crippen molar-refractivity contribution in [3.8, 4) is 28.2 Å². The quantitative estimate of drug-likeness (QED) is 0.578. The van der Waals surface area contributed by atoms with Gasteiger partial charge in [-0.1, -0.05) is 6.07 Å². The fraction of sp³-hybridized carbons (Fsp3) is 0. The number of benzene rings is 1. The fourth-order valence-corrected chi connectivity index (χ4v) is 2.78. The summed E-state index contributed by atoms with van der Waals surface area (Å²) in [6.45, 7) is 0. The van der Waals surface area contributed by atoms with Gasteiger partial charge in [0, 0.05) is 24.2 Å². The number of carbonyl (C=O) groups is 1. The van der Waals surface area contributed by atoms with Crippen LogP contribution in [-0.2, 0) is 0 Å². The Kier molecular flexibility index (Phi) is 4.06. The van der Waals surface area contributed by atoms with Gasteiger partial charge in [-0.2, -0.15) is 10.2 Å². The summed E-state index contributed by atoms with van der Waals surface area (Å²) >= 11 is 0. The molecular weight excluding hydrogens is 346 g/mol. The Balaban J connectivity index is 1.86. The van der Waals surface area contributed by atoms with Gasteiger partial charge in [-0.15, -0.1) is 0 Å². The molecule has 8 nitrogen and oxygen atoms in total. The zero-order valence-electron chi connectivity index (χ0n) is 13.9. The van der Waals surface area contributed by atoms with Gasteiger partial charge in [-0.25, -0.2) is 9.48 Å². The zero-order chi connectivity index (χ0) is 18.8. The molecule has 132 valence electrons. The van der Waals surface area contributed by atoms with E-state index in [1.54, 1.807) is 42.7 Å². The molecule has 8 heteroatoms. The number of pyridine rings is 1. The maximum Gasteiger partial charge on any atom is 0.335 e. The van der Waals surface area contributed by atoms with E-state index in [1.165, 1.54) is 29.2 Å². The molecule has 0 saturated heterocycles. The second-order valence-electron chi connectivity index (χ2n) is 5.70. The highest BCUT2D eigenvalue weighted by Crippen LogP contribution is 2.21. The molecule has 4 rings (SSSR count). The van der Waals surface area contributed by atoms with Crippen LogP contribution in [-0.4, -0.2) is 36.0 Å². The summed E-state index contributed by atoms with van der Waals surface area (Å²) in [4.78, 5) is 28.2. The largest absolute Gasteiger partial charge is 0.478 e. The molecule has 0 atom stereocenters. The molecule has 0 radical (unpaired) electrons. The van der Waals surface area contributed by atoms with Crippen molar-refractivity contribution in [2.75, 3.05) is 0 Å². The highest BCUT2D eigenvalue weighted by Gasteiger charge is 2.16. The van der Waals surface area contributed by atoms with Gasteiger partial charge in [0.15, 0.2) is 5.69 Å². The second-order valence-corrected chi connectivity index (χ2v) is 5.70. The van der Waals surface area contributed by atoms with Gasteiger partial charge in [0.05, 0.1) is 23.1 Å². The summed E-state index contributed by atoms with van der Waals surface area (Å²) < 4.78 is 1.49. The first-order valence-corrected chi connectivity index (χ1v) is 8.02. The minimum absolute atomic E-state index is 0.126. The molecular formula is C19H13N5O3. The van der Waals surface area contributed by atoms with Crippen LogP contribution in [0.4, 0.5) is 0 Å². The van der Waals surface area contributed by atoms with E-state index in [1.807, 2.05) is 0 Å². The molecule has 0 spiro atoms. The highest BCUT2D eigenvalue weighted by atomic mass is 16.4. The second kappa shape index (κ2) is 6.68. The standard InChI is InChI=1S/C19H13N5O3/c25-18-15(12-4-7-20-8-5-12)11-21-23-17(18)16-6-9-22-24(16)14-3-1-2-13(10-14)19(26)27/h1-11H,(H,21,25)(H,26,27). The van der Waals surface area contributed by atoms with E-state index in [-0.39, 0.29) is 16.7 Å². The van der Waals surface area contributed by atoms with Crippen LogP contribution in [0.25, 0.3) is 28.2 Å². The predicted octanol–water partition coefficient (Wildman–Crippen LogP) is 2.38. The number of nitrogens with zero attached hydrogens (tertiary/aromatic N) is 4. The Bertz CT molecular complexity index is 1180. The third kappa shape index (κ3) is 2.99. The average Bonchev–Trinajstić information content (AvgIpc) is 3.18. The van der Waals surface area contributed by atoms with E-state index in [4.69, 9.17) is 0 Å². The maximum absolute atomic E-state index is 13.0. The summed E-state index contributed by atoms with van der Waals surface area (Å²) in [7, 11) is 0. The van der Waals surface area contributed by atoms with Crippen molar-refractivity contribution in [3.63, 3.8) is 0 Å². The average molecular weight is 359 g/mol. The lowest BCUT2D eigenvalue weighted by molar-refractivity contribution is 0.0697. The first-order chi connectivity index (χ1) is 13.1. The molecule has 0 unspecified atom stereocenters. The van der Waals surface area contributed by atoms with E-state index >= 15 is 0 Å². The number of hydrogen-bond donors (Lipinski definition) is 2. The number of carboxylic acid groups (broad SMARTS) is 1. The molecule has 0 aliphatic carbocycles. The zero-order valence-corrected chi connectivity index (χ0v) is 13.9. The smallest absolute Gasteiger partial charge is 0.335 e. The molecule has 0 aliphatic heterocycles. The Morgan fingerprint density at radius 2 is 1.89 bits per heavy atom. The van der Waals surface area contributed by atoms with Crippen LogP contribution in [0.5, 0.6) is 0 Å². The molecule has 4 aromatic rings. The first kappa shape index (κ1) is 16.4. The Morgan fingerprint density at radius 3 is 2.67 bits per heavy atom. The number of aromatic carboxylic acids is 1. The van der Waals surface area contributed by atoms with Gasteiger partial charge in [0.2, 0.25) is 5.43 Å². The third-order valence-corrected chi connectivity index (χ3v) is 4.06. The summed E-state index contributed by atoms with van der Waals surface area (Å²) in [5.41, 5.74) is 2.18. The third-order valence-electron chi connectivity index (χ3n) is 4.06. The van der Waals surface area contributed by atoms with Gasteiger partial charge >= 0.3 is 5.97 Å². The first-order valence-electron chi connectivity index (χ1n) is 8.02. The number of rotatable bonds is 4. The molecule has 0 bridgehead atoms. The number of aromatic amines is 1. The van der Waals surface area contributed by atoms with Crippen molar-refractivity contribution < 1.29 is 9.90 Å². The van der Waals surface area contributed by atoms with Gasteiger partial charge in [0.1, 0.15) is 0 Å². The maximum atomic E-state index is 13.0. The Morgan fingerprint density at radius 1 is 1.07 bits per heavy atom. The lowest BCUT2D eigenvalue weighted by atomic mass is 10.1. The van der Waals surface area contributed by atoms with Crippen LogP contribution in [0.1, 0.15) is 10.4 Å². The van der Waals surface area contributed by atoms with Gasteiger partial charge in [-0.05, 0) is 42.0 Å². The molecule has 27 heavy (non-hydrogen) atoms. The van der Waals surface area contributed by atoms with E-state index in [9.17, 15) is 14.7 Å². The molecule has 2 N–H and O–H groups in total. The van der Waals surface area contributed by atoms with Crippen molar-refractivity contribution >= 4 is 5.97 Å². The normalized spacial score (nSPS) is 10.7. The Labute approximate surface area is 152 Å². The van der Waals surface area contributed by atoms with E-state index in [0.29, 0.717) is 22.5 Å². The van der Waals surface area contributed by atoms with E-state index in [0.717, 1.165) is 0 Å². The van der Waals surface area contributed by atoms with Crippen LogP contribution >= 0.6 is 0 Å². The number of hydrogen-bond acceptors (Lipinski definition) is 5. The summed E-state index contributed by atoms with van der Waals surface area (Å²) in [5.74, 6) is -1.04. The summed E-state index contributed by atoms with van der Waals surface area (Å²) in [5, 5.41) is 20.3. The van der Waals surface area contributed by atoms with Crippen molar-refractivity contribution in [3.05, 3.63) is 83.0 Å². The number of aromatic nitrogens is 5. The van der Waals surface area contributed by atoms with Crippen molar-refractivity contribution in [2.24, 2.45) is 0 Å². The van der Waals surface area contributed by atoms with Gasteiger partial charge in [-0.3, -0.25) is 14.9 Å². The summed E-state index contributed by atoms with van der Waals surface area (Å²) in [6, 6.07) is 11.4. The van der Waals surface area contributed by atoms with Crippen LogP contribution in [0.15, 0.2) is 72.0 Å².